The first-order valence-corrected chi connectivity index (χ1v) is 5.98. The number of nitrogens with two attached hydrogens (primary N) is 1. The maximum Gasteiger partial charge on any atom is 0.136 e. The fourth-order valence-electron chi connectivity index (χ4n) is 1.73. The molecule has 0 aliphatic rings. The molecular weight excluding hydrogens is 256 g/mol. The topological polar surface area (TPSA) is 42.4 Å². The van der Waals surface area contributed by atoms with E-state index in [2.05, 4.69) is 41.7 Å². The third kappa shape index (κ3) is 3.33. The Kier molecular flexibility index (Phi) is 4.83. The Hall–Kier alpha value is -0.320. The van der Waals surface area contributed by atoms with Crippen LogP contribution in [0.2, 0.25) is 0 Å². The van der Waals surface area contributed by atoms with Crippen LogP contribution in [0.1, 0.15) is 25.6 Å². The van der Waals surface area contributed by atoms with Crippen LogP contribution in [0.3, 0.4) is 0 Å². The number of furan rings is 1. The predicted octanol–water partition coefficient (Wildman–Crippen LogP) is 2.63. The summed E-state index contributed by atoms with van der Waals surface area (Å²) in [5, 5.41) is 0. The Balaban J connectivity index is 2.75. The first kappa shape index (κ1) is 12.7. The molecule has 0 bridgehead atoms. The van der Waals surface area contributed by atoms with Gasteiger partial charge < -0.3 is 10.2 Å². The molecule has 0 aliphatic heterocycles. The lowest BCUT2D eigenvalue weighted by molar-refractivity contribution is 0.198. The van der Waals surface area contributed by atoms with Gasteiger partial charge in [0.1, 0.15) is 5.76 Å². The van der Waals surface area contributed by atoms with Gasteiger partial charge in [-0.2, -0.15) is 0 Å². The van der Waals surface area contributed by atoms with Gasteiger partial charge in [0.05, 0.1) is 16.8 Å². The average molecular weight is 275 g/mol. The first-order valence-electron chi connectivity index (χ1n) is 5.19. The summed E-state index contributed by atoms with van der Waals surface area (Å²) in [6, 6.07) is 2.05. The zero-order valence-corrected chi connectivity index (χ0v) is 11.1. The molecule has 1 aromatic rings. The van der Waals surface area contributed by atoms with Gasteiger partial charge in [0.25, 0.3) is 0 Å². The molecule has 1 rings (SSSR count). The zero-order chi connectivity index (χ0) is 11.4. The van der Waals surface area contributed by atoms with Crippen LogP contribution in [0.4, 0.5) is 0 Å². The maximum absolute atomic E-state index is 5.79. The summed E-state index contributed by atoms with van der Waals surface area (Å²) < 4.78 is 6.45. The maximum atomic E-state index is 5.79. The molecular formula is C11H19BrN2O. The minimum atomic E-state index is 0.150. The summed E-state index contributed by atoms with van der Waals surface area (Å²) in [7, 11) is 2.08. The lowest BCUT2D eigenvalue weighted by atomic mass is 10.1. The summed E-state index contributed by atoms with van der Waals surface area (Å²) in [4.78, 5) is 2.23. The van der Waals surface area contributed by atoms with E-state index in [0.29, 0.717) is 12.5 Å². The van der Waals surface area contributed by atoms with E-state index in [1.807, 2.05) is 6.07 Å². The summed E-state index contributed by atoms with van der Waals surface area (Å²) in [5.41, 5.74) is 5.79. The molecule has 0 saturated carbocycles. The zero-order valence-electron chi connectivity index (χ0n) is 9.53. The van der Waals surface area contributed by atoms with Crippen LogP contribution in [-0.2, 0) is 0 Å². The first-order chi connectivity index (χ1) is 7.06. The van der Waals surface area contributed by atoms with Crippen molar-refractivity contribution in [2.24, 2.45) is 11.7 Å². The molecule has 86 valence electrons. The molecule has 1 unspecified atom stereocenters. The Morgan fingerprint density at radius 2 is 2.20 bits per heavy atom. The molecule has 0 saturated heterocycles. The van der Waals surface area contributed by atoms with Gasteiger partial charge in [-0.25, -0.2) is 0 Å². The third-order valence-electron chi connectivity index (χ3n) is 2.36. The van der Waals surface area contributed by atoms with Crippen molar-refractivity contribution >= 4 is 15.9 Å². The Morgan fingerprint density at radius 3 is 2.60 bits per heavy atom. The highest BCUT2D eigenvalue weighted by Gasteiger charge is 2.21. The van der Waals surface area contributed by atoms with Gasteiger partial charge in [0, 0.05) is 13.1 Å². The van der Waals surface area contributed by atoms with Crippen LogP contribution in [0.25, 0.3) is 0 Å². The van der Waals surface area contributed by atoms with Crippen LogP contribution < -0.4 is 5.73 Å². The molecule has 1 atom stereocenters. The minimum Gasteiger partial charge on any atom is -0.466 e. The van der Waals surface area contributed by atoms with Crippen molar-refractivity contribution in [1.29, 1.82) is 0 Å². The number of hydrogen-bond donors (Lipinski definition) is 1. The lowest BCUT2D eigenvalue weighted by Gasteiger charge is -2.27. The minimum absolute atomic E-state index is 0.150. The van der Waals surface area contributed by atoms with Crippen LogP contribution in [-0.4, -0.2) is 25.0 Å². The number of rotatable bonds is 5. The van der Waals surface area contributed by atoms with Gasteiger partial charge in [0.15, 0.2) is 0 Å². The van der Waals surface area contributed by atoms with Gasteiger partial charge in [-0.3, -0.25) is 4.90 Å². The monoisotopic (exact) mass is 274 g/mol. The molecule has 0 amide bonds. The molecule has 3 nitrogen and oxygen atoms in total. The molecule has 15 heavy (non-hydrogen) atoms. The molecule has 0 aromatic carbocycles. The average Bonchev–Trinajstić information content (AvgIpc) is 2.52. The molecule has 1 heterocycles. The highest BCUT2D eigenvalue weighted by Crippen LogP contribution is 2.27. The smallest absolute Gasteiger partial charge is 0.136 e. The van der Waals surface area contributed by atoms with E-state index in [4.69, 9.17) is 10.2 Å². The van der Waals surface area contributed by atoms with Crippen molar-refractivity contribution < 1.29 is 4.42 Å². The van der Waals surface area contributed by atoms with Gasteiger partial charge in [-0.15, -0.1) is 0 Å². The Bertz CT molecular complexity index is 299. The molecule has 0 radical (unpaired) electrons. The largest absolute Gasteiger partial charge is 0.466 e. The standard InChI is InChI=1S/C11H19BrN2O/c1-8(2)7-14(3)10(6-13)11-9(12)4-5-15-11/h4-5,8,10H,6-7,13H2,1-3H3. The van der Waals surface area contributed by atoms with Crippen molar-refractivity contribution in [3.63, 3.8) is 0 Å². The molecule has 4 heteroatoms. The summed E-state index contributed by atoms with van der Waals surface area (Å²) in [5.74, 6) is 1.54. The van der Waals surface area contributed by atoms with Gasteiger partial charge in [0.2, 0.25) is 0 Å². The molecule has 0 aliphatic carbocycles. The van der Waals surface area contributed by atoms with Crippen molar-refractivity contribution in [2.75, 3.05) is 20.1 Å². The van der Waals surface area contributed by atoms with Gasteiger partial charge in [-0.1, -0.05) is 13.8 Å². The molecule has 0 fully saturated rings. The van der Waals surface area contributed by atoms with E-state index < -0.39 is 0 Å². The van der Waals surface area contributed by atoms with Gasteiger partial charge in [-0.05, 0) is 35.0 Å². The van der Waals surface area contributed by atoms with E-state index >= 15 is 0 Å². The fourth-order valence-corrected chi connectivity index (χ4v) is 2.20. The normalized spacial score (nSPS) is 13.8. The molecule has 2 N–H and O–H groups in total. The van der Waals surface area contributed by atoms with Crippen molar-refractivity contribution in [1.82, 2.24) is 4.90 Å². The summed E-state index contributed by atoms with van der Waals surface area (Å²) in [6.45, 7) is 5.97. The van der Waals surface area contributed by atoms with Crippen LogP contribution in [0.5, 0.6) is 0 Å². The van der Waals surface area contributed by atoms with Gasteiger partial charge >= 0.3 is 0 Å². The fraction of sp³-hybridized carbons (Fsp3) is 0.636. The number of nitrogens with zero attached hydrogens (tertiary/aromatic N) is 1. The van der Waals surface area contributed by atoms with E-state index in [9.17, 15) is 0 Å². The summed E-state index contributed by atoms with van der Waals surface area (Å²) >= 11 is 3.47. The number of likely N-dealkylation sites (N-methyl/N-ethyl adjacent to an activating group) is 1. The van der Waals surface area contributed by atoms with Crippen LogP contribution in [0, 0.1) is 5.92 Å². The van der Waals surface area contributed by atoms with E-state index in [0.717, 1.165) is 16.8 Å². The number of hydrogen-bond acceptors (Lipinski definition) is 3. The summed E-state index contributed by atoms with van der Waals surface area (Å²) in [6.07, 6.45) is 1.69. The lowest BCUT2D eigenvalue weighted by Crippen LogP contribution is -2.33. The third-order valence-corrected chi connectivity index (χ3v) is 3.01. The highest BCUT2D eigenvalue weighted by molar-refractivity contribution is 9.10. The van der Waals surface area contributed by atoms with Crippen molar-refractivity contribution in [3.8, 4) is 0 Å². The Morgan fingerprint density at radius 1 is 1.53 bits per heavy atom. The SMILES string of the molecule is CC(C)CN(C)C(CN)c1occc1Br. The highest BCUT2D eigenvalue weighted by atomic mass is 79.9. The quantitative estimate of drug-likeness (QED) is 0.898. The van der Waals surface area contributed by atoms with E-state index in [-0.39, 0.29) is 6.04 Å². The Labute approximate surface area is 99.7 Å². The second-order valence-corrected chi connectivity index (χ2v) is 5.07. The molecule has 0 spiro atoms. The second-order valence-electron chi connectivity index (χ2n) is 4.22. The van der Waals surface area contributed by atoms with E-state index in [1.54, 1.807) is 6.26 Å². The van der Waals surface area contributed by atoms with Crippen LogP contribution in [0.15, 0.2) is 21.2 Å². The predicted molar refractivity (Wildman–Crippen MR) is 65.7 cm³/mol. The number of halogens is 1. The molecule has 1 aromatic heterocycles. The van der Waals surface area contributed by atoms with Crippen molar-refractivity contribution in [2.45, 2.75) is 19.9 Å². The van der Waals surface area contributed by atoms with Crippen molar-refractivity contribution in [3.05, 3.63) is 22.6 Å². The van der Waals surface area contributed by atoms with E-state index in [1.165, 1.54) is 0 Å². The second kappa shape index (κ2) is 5.68. The van der Waals surface area contributed by atoms with Crippen LogP contribution >= 0.6 is 15.9 Å².